The van der Waals surface area contributed by atoms with Gasteiger partial charge in [-0.1, -0.05) is 20.8 Å². The molecule has 1 aliphatic carbocycles. The van der Waals surface area contributed by atoms with E-state index < -0.39 is 0 Å². The van der Waals surface area contributed by atoms with Crippen molar-refractivity contribution < 1.29 is 0 Å². The van der Waals surface area contributed by atoms with Crippen LogP contribution in [0.3, 0.4) is 0 Å². The zero-order valence-corrected chi connectivity index (χ0v) is 10.1. The second kappa shape index (κ2) is 3.84. The first-order chi connectivity index (χ1) is 6.59. The molecule has 1 aliphatic heterocycles. The molecule has 2 rings (SSSR count). The second-order valence-electron chi connectivity index (χ2n) is 6.17. The fraction of sp³-hybridized carbons (Fsp3) is 1.00. The van der Waals surface area contributed by atoms with Gasteiger partial charge in [-0.2, -0.15) is 0 Å². The lowest BCUT2D eigenvalue weighted by molar-refractivity contribution is 0.137. The van der Waals surface area contributed by atoms with Gasteiger partial charge in [0, 0.05) is 6.54 Å². The maximum absolute atomic E-state index is 2.70. The molecule has 0 radical (unpaired) electrons. The standard InChI is InChI=1S/C13H25N/c1-11(2)12-4-8-14(9-5-12)10-13(3)6-7-13/h11-12H,4-10H2,1-3H3. The summed E-state index contributed by atoms with van der Waals surface area (Å²) in [6.45, 7) is 11.3. The molecule has 2 fully saturated rings. The van der Waals surface area contributed by atoms with E-state index in [9.17, 15) is 0 Å². The minimum atomic E-state index is 0.713. The molecule has 14 heavy (non-hydrogen) atoms. The van der Waals surface area contributed by atoms with Gasteiger partial charge in [0.1, 0.15) is 0 Å². The molecule has 0 atom stereocenters. The van der Waals surface area contributed by atoms with Crippen molar-refractivity contribution in [3.8, 4) is 0 Å². The van der Waals surface area contributed by atoms with Gasteiger partial charge in [0.05, 0.1) is 0 Å². The smallest absolute Gasteiger partial charge is 0.00353 e. The van der Waals surface area contributed by atoms with E-state index in [-0.39, 0.29) is 0 Å². The third-order valence-corrected chi connectivity index (χ3v) is 4.28. The molecule has 1 saturated heterocycles. The van der Waals surface area contributed by atoms with E-state index in [2.05, 4.69) is 25.7 Å². The van der Waals surface area contributed by atoms with Gasteiger partial charge in [-0.3, -0.25) is 0 Å². The zero-order chi connectivity index (χ0) is 10.2. The van der Waals surface area contributed by atoms with Crippen molar-refractivity contribution in [1.29, 1.82) is 0 Å². The Morgan fingerprint density at radius 2 is 1.79 bits per heavy atom. The molecule has 1 heterocycles. The van der Waals surface area contributed by atoms with Crippen molar-refractivity contribution in [2.45, 2.75) is 46.5 Å². The summed E-state index contributed by atoms with van der Waals surface area (Å²) in [7, 11) is 0. The lowest BCUT2D eigenvalue weighted by atomic mass is 9.86. The van der Waals surface area contributed by atoms with Crippen molar-refractivity contribution in [3.05, 3.63) is 0 Å². The Bertz CT molecular complexity index is 185. The number of rotatable bonds is 3. The molecule has 1 saturated carbocycles. The minimum absolute atomic E-state index is 0.713. The van der Waals surface area contributed by atoms with Gasteiger partial charge in [-0.05, 0) is 56.0 Å². The summed E-state index contributed by atoms with van der Waals surface area (Å²) in [4.78, 5) is 2.70. The van der Waals surface area contributed by atoms with Crippen LogP contribution in [0.4, 0.5) is 0 Å². The minimum Gasteiger partial charge on any atom is -0.303 e. The summed E-state index contributed by atoms with van der Waals surface area (Å²) in [6.07, 6.45) is 5.82. The summed E-state index contributed by atoms with van der Waals surface area (Å²) in [5.74, 6) is 1.90. The Morgan fingerprint density at radius 3 is 2.21 bits per heavy atom. The number of nitrogens with zero attached hydrogens (tertiary/aromatic N) is 1. The van der Waals surface area contributed by atoms with Gasteiger partial charge in [0.2, 0.25) is 0 Å². The number of hydrogen-bond donors (Lipinski definition) is 0. The molecule has 0 unspecified atom stereocenters. The lowest BCUT2D eigenvalue weighted by Gasteiger charge is -2.35. The van der Waals surface area contributed by atoms with Crippen LogP contribution in [0.1, 0.15) is 46.5 Å². The molecule has 1 heteroatoms. The normalized spacial score (nSPS) is 28.3. The molecular weight excluding hydrogens is 170 g/mol. The summed E-state index contributed by atoms with van der Waals surface area (Å²) >= 11 is 0. The summed E-state index contributed by atoms with van der Waals surface area (Å²) < 4.78 is 0. The molecule has 0 aromatic carbocycles. The van der Waals surface area contributed by atoms with Crippen molar-refractivity contribution in [2.75, 3.05) is 19.6 Å². The highest BCUT2D eigenvalue weighted by atomic mass is 15.1. The molecule has 0 amide bonds. The molecule has 0 aromatic heterocycles. The van der Waals surface area contributed by atoms with Crippen LogP contribution in [-0.2, 0) is 0 Å². The van der Waals surface area contributed by atoms with E-state index in [4.69, 9.17) is 0 Å². The van der Waals surface area contributed by atoms with E-state index >= 15 is 0 Å². The van der Waals surface area contributed by atoms with E-state index in [1.807, 2.05) is 0 Å². The first-order valence-electron chi connectivity index (χ1n) is 6.31. The van der Waals surface area contributed by atoms with E-state index in [0.717, 1.165) is 11.8 Å². The Kier molecular flexibility index (Phi) is 2.88. The molecule has 0 aromatic rings. The van der Waals surface area contributed by atoms with Crippen LogP contribution < -0.4 is 0 Å². The van der Waals surface area contributed by atoms with E-state index in [0.29, 0.717) is 5.41 Å². The fourth-order valence-electron chi connectivity index (χ4n) is 2.69. The lowest BCUT2D eigenvalue weighted by Crippen LogP contribution is -2.38. The highest BCUT2D eigenvalue weighted by molar-refractivity contribution is 4.92. The number of piperidine rings is 1. The first kappa shape index (κ1) is 10.5. The van der Waals surface area contributed by atoms with Crippen LogP contribution >= 0.6 is 0 Å². The molecule has 0 spiro atoms. The van der Waals surface area contributed by atoms with Gasteiger partial charge in [-0.15, -0.1) is 0 Å². The van der Waals surface area contributed by atoms with Gasteiger partial charge in [0.25, 0.3) is 0 Å². The summed E-state index contributed by atoms with van der Waals surface area (Å²) in [6, 6.07) is 0. The predicted octanol–water partition coefficient (Wildman–Crippen LogP) is 3.15. The average molecular weight is 195 g/mol. The van der Waals surface area contributed by atoms with Crippen LogP contribution in [0.15, 0.2) is 0 Å². The average Bonchev–Trinajstić information content (AvgIpc) is 2.84. The fourth-order valence-corrected chi connectivity index (χ4v) is 2.69. The maximum Gasteiger partial charge on any atom is 0.00353 e. The van der Waals surface area contributed by atoms with Gasteiger partial charge in [0.15, 0.2) is 0 Å². The van der Waals surface area contributed by atoms with Crippen molar-refractivity contribution in [3.63, 3.8) is 0 Å². The molecule has 2 aliphatic rings. The van der Waals surface area contributed by atoms with Crippen molar-refractivity contribution in [2.24, 2.45) is 17.3 Å². The van der Waals surface area contributed by atoms with Crippen LogP contribution in [0.5, 0.6) is 0 Å². The van der Waals surface area contributed by atoms with Crippen molar-refractivity contribution in [1.82, 2.24) is 4.90 Å². The van der Waals surface area contributed by atoms with Gasteiger partial charge >= 0.3 is 0 Å². The first-order valence-corrected chi connectivity index (χ1v) is 6.31. The number of hydrogen-bond acceptors (Lipinski definition) is 1. The maximum atomic E-state index is 2.70. The molecular formula is C13H25N. The summed E-state index contributed by atoms with van der Waals surface area (Å²) in [5, 5.41) is 0. The quantitative estimate of drug-likeness (QED) is 0.668. The number of likely N-dealkylation sites (tertiary alicyclic amines) is 1. The molecule has 1 nitrogen and oxygen atoms in total. The summed E-state index contributed by atoms with van der Waals surface area (Å²) in [5.41, 5.74) is 0.713. The van der Waals surface area contributed by atoms with E-state index in [1.54, 1.807) is 0 Å². The van der Waals surface area contributed by atoms with Crippen molar-refractivity contribution >= 4 is 0 Å². The Balaban J connectivity index is 1.73. The van der Waals surface area contributed by atoms with Crippen LogP contribution in [0.25, 0.3) is 0 Å². The highest BCUT2D eigenvalue weighted by Crippen LogP contribution is 2.46. The zero-order valence-electron chi connectivity index (χ0n) is 10.1. The highest BCUT2D eigenvalue weighted by Gasteiger charge is 2.39. The molecule has 82 valence electrons. The van der Waals surface area contributed by atoms with Gasteiger partial charge in [-0.25, -0.2) is 0 Å². The largest absolute Gasteiger partial charge is 0.303 e. The van der Waals surface area contributed by atoms with E-state index in [1.165, 1.54) is 45.3 Å². The predicted molar refractivity (Wildman–Crippen MR) is 61.3 cm³/mol. The SMILES string of the molecule is CC(C)C1CCN(CC2(C)CC2)CC1. The third kappa shape index (κ3) is 2.50. The third-order valence-electron chi connectivity index (χ3n) is 4.28. The second-order valence-corrected chi connectivity index (χ2v) is 6.17. The van der Waals surface area contributed by atoms with Crippen LogP contribution in [0, 0.1) is 17.3 Å². The topological polar surface area (TPSA) is 3.24 Å². The van der Waals surface area contributed by atoms with Gasteiger partial charge < -0.3 is 4.90 Å². The monoisotopic (exact) mass is 195 g/mol. The Labute approximate surface area is 88.9 Å². The Hall–Kier alpha value is -0.0400. The molecule has 0 bridgehead atoms. The van der Waals surface area contributed by atoms with Crippen LogP contribution in [0.2, 0.25) is 0 Å². The van der Waals surface area contributed by atoms with Crippen LogP contribution in [-0.4, -0.2) is 24.5 Å². The molecule has 0 N–H and O–H groups in total. The Morgan fingerprint density at radius 1 is 1.21 bits per heavy atom.